The van der Waals surface area contributed by atoms with Crippen LogP contribution in [0.3, 0.4) is 0 Å². The Balaban J connectivity index is 2.29. The minimum absolute atomic E-state index is 0.201. The van der Waals surface area contributed by atoms with E-state index < -0.39 is 3.79 Å². The van der Waals surface area contributed by atoms with Gasteiger partial charge in [-0.05, 0) is 25.9 Å². The first-order valence-electron chi connectivity index (χ1n) is 4.25. The average molecular weight is 245 g/mol. The second-order valence-corrected chi connectivity index (χ2v) is 5.88. The van der Waals surface area contributed by atoms with E-state index in [2.05, 4.69) is 4.90 Å². The SMILES string of the molecule is O=CC1CCN(CC(Cl)(Cl)Cl)CC1. The zero-order chi connectivity index (χ0) is 9.90. The van der Waals surface area contributed by atoms with Crippen molar-refractivity contribution >= 4 is 41.1 Å². The van der Waals surface area contributed by atoms with Crippen molar-refractivity contribution in [2.45, 2.75) is 16.6 Å². The molecular formula is C8H12Cl3NO. The van der Waals surface area contributed by atoms with Crippen LogP contribution in [0.2, 0.25) is 0 Å². The van der Waals surface area contributed by atoms with E-state index in [1.807, 2.05) is 0 Å². The van der Waals surface area contributed by atoms with Crippen LogP contribution in [0.5, 0.6) is 0 Å². The van der Waals surface area contributed by atoms with Crippen molar-refractivity contribution in [3.63, 3.8) is 0 Å². The summed E-state index contributed by atoms with van der Waals surface area (Å²) in [7, 11) is 0. The lowest BCUT2D eigenvalue weighted by Crippen LogP contribution is -2.39. The molecular weight excluding hydrogens is 232 g/mol. The monoisotopic (exact) mass is 243 g/mol. The van der Waals surface area contributed by atoms with E-state index in [9.17, 15) is 4.79 Å². The zero-order valence-corrected chi connectivity index (χ0v) is 9.45. The number of hydrogen-bond donors (Lipinski definition) is 0. The summed E-state index contributed by atoms with van der Waals surface area (Å²) in [5.41, 5.74) is 0. The van der Waals surface area contributed by atoms with Crippen LogP contribution in [0, 0.1) is 5.92 Å². The lowest BCUT2D eigenvalue weighted by atomic mass is 9.99. The maximum atomic E-state index is 10.5. The normalized spacial score (nSPS) is 21.8. The third kappa shape index (κ3) is 4.50. The van der Waals surface area contributed by atoms with Crippen LogP contribution >= 0.6 is 34.8 Å². The molecule has 1 heterocycles. The Morgan fingerprint density at radius 3 is 2.23 bits per heavy atom. The van der Waals surface area contributed by atoms with E-state index in [1.54, 1.807) is 0 Å². The molecule has 1 rings (SSSR count). The van der Waals surface area contributed by atoms with Crippen LogP contribution in [-0.2, 0) is 4.79 Å². The Morgan fingerprint density at radius 1 is 1.31 bits per heavy atom. The molecule has 0 aromatic rings. The molecule has 0 spiro atoms. The maximum absolute atomic E-state index is 10.5. The van der Waals surface area contributed by atoms with Gasteiger partial charge in [0.25, 0.3) is 0 Å². The molecule has 76 valence electrons. The molecule has 1 saturated heterocycles. The van der Waals surface area contributed by atoms with Gasteiger partial charge in [0.2, 0.25) is 3.79 Å². The number of carbonyl (C=O) groups is 1. The molecule has 0 N–H and O–H groups in total. The molecule has 0 atom stereocenters. The van der Waals surface area contributed by atoms with Crippen molar-refractivity contribution in [2.24, 2.45) is 5.92 Å². The summed E-state index contributed by atoms with van der Waals surface area (Å²) in [5.74, 6) is 0.201. The average Bonchev–Trinajstić information content (AvgIpc) is 2.03. The Morgan fingerprint density at radius 2 is 1.85 bits per heavy atom. The first kappa shape index (κ1) is 11.6. The number of rotatable bonds is 2. The van der Waals surface area contributed by atoms with Crippen LogP contribution in [0.15, 0.2) is 0 Å². The standard InChI is InChI=1S/C8H12Cl3NO/c9-8(10,11)6-12-3-1-7(5-13)2-4-12/h5,7H,1-4,6H2. The first-order chi connectivity index (χ1) is 6.01. The van der Waals surface area contributed by atoms with Gasteiger partial charge in [-0.1, -0.05) is 34.8 Å². The predicted molar refractivity (Wildman–Crippen MR) is 55.5 cm³/mol. The molecule has 1 fully saturated rings. The van der Waals surface area contributed by atoms with E-state index in [4.69, 9.17) is 34.8 Å². The molecule has 0 amide bonds. The summed E-state index contributed by atoms with van der Waals surface area (Å²) in [6.45, 7) is 2.14. The van der Waals surface area contributed by atoms with Crippen LogP contribution < -0.4 is 0 Å². The molecule has 0 aromatic carbocycles. The zero-order valence-electron chi connectivity index (χ0n) is 7.18. The number of alkyl halides is 3. The van der Waals surface area contributed by atoms with Crippen LogP contribution in [0.25, 0.3) is 0 Å². The Kier molecular flexibility index (Phi) is 4.30. The Hall–Kier alpha value is 0.500. The summed E-state index contributed by atoms with van der Waals surface area (Å²) in [5, 5.41) is 0. The molecule has 1 aliphatic heterocycles. The smallest absolute Gasteiger partial charge is 0.203 e. The predicted octanol–water partition coefficient (Wildman–Crippen LogP) is 2.27. The number of carbonyl (C=O) groups excluding carboxylic acids is 1. The van der Waals surface area contributed by atoms with E-state index in [0.29, 0.717) is 6.54 Å². The fourth-order valence-corrected chi connectivity index (χ4v) is 2.01. The van der Waals surface area contributed by atoms with Gasteiger partial charge >= 0.3 is 0 Å². The molecule has 13 heavy (non-hydrogen) atoms. The highest BCUT2D eigenvalue weighted by Crippen LogP contribution is 2.28. The minimum atomic E-state index is -1.20. The number of aldehydes is 1. The summed E-state index contributed by atoms with van der Waals surface area (Å²) in [6, 6.07) is 0. The number of halogens is 3. The molecule has 0 aliphatic carbocycles. The quantitative estimate of drug-likeness (QED) is 0.549. The van der Waals surface area contributed by atoms with Crippen molar-refractivity contribution in [1.29, 1.82) is 0 Å². The highest BCUT2D eigenvalue weighted by atomic mass is 35.6. The van der Waals surface area contributed by atoms with Crippen molar-refractivity contribution in [3.8, 4) is 0 Å². The second kappa shape index (κ2) is 4.83. The summed E-state index contributed by atoms with van der Waals surface area (Å²) >= 11 is 17.0. The summed E-state index contributed by atoms with van der Waals surface area (Å²) in [4.78, 5) is 12.5. The van der Waals surface area contributed by atoms with Gasteiger partial charge in [-0.3, -0.25) is 4.90 Å². The first-order valence-corrected chi connectivity index (χ1v) is 5.39. The molecule has 0 aromatic heterocycles. The van der Waals surface area contributed by atoms with Crippen molar-refractivity contribution in [2.75, 3.05) is 19.6 Å². The molecule has 1 aliphatic rings. The van der Waals surface area contributed by atoms with Crippen LogP contribution in [-0.4, -0.2) is 34.6 Å². The minimum Gasteiger partial charge on any atom is -0.303 e. The van der Waals surface area contributed by atoms with Gasteiger partial charge in [0.05, 0.1) is 0 Å². The van der Waals surface area contributed by atoms with Crippen molar-refractivity contribution in [3.05, 3.63) is 0 Å². The third-order valence-corrected chi connectivity index (χ3v) is 2.59. The summed E-state index contributed by atoms with van der Waals surface area (Å²) < 4.78 is -1.20. The van der Waals surface area contributed by atoms with Gasteiger partial charge < -0.3 is 4.79 Å². The Bertz CT molecular complexity index is 173. The summed E-state index contributed by atoms with van der Waals surface area (Å²) in [6.07, 6.45) is 2.78. The van der Waals surface area contributed by atoms with Gasteiger partial charge in [-0.2, -0.15) is 0 Å². The lowest BCUT2D eigenvalue weighted by Gasteiger charge is -2.31. The van der Waals surface area contributed by atoms with Gasteiger partial charge in [0, 0.05) is 12.5 Å². The number of hydrogen-bond acceptors (Lipinski definition) is 2. The highest BCUT2D eigenvalue weighted by molar-refractivity contribution is 6.67. The lowest BCUT2D eigenvalue weighted by molar-refractivity contribution is -0.112. The molecule has 0 saturated carbocycles. The maximum Gasteiger partial charge on any atom is 0.203 e. The second-order valence-electron chi connectivity index (χ2n) is 3.36. The molecule has 0 unspecified atom stereocenters. The number of piperidine rings is 1. The third-order valence-electron chi connectivity index (χ3n) is 2.23. The molecule has 5 heteroatoms. The van der Waals surface area contributed by atoms with Gasteiger partial charge in [-0.25, -0.2) is 0 Å². The molecule has 2 nitrogen and oxygen atoms in total. The molecule has 0 radical (unpaired) electrons. The van der Waals surface area contributed by atoms with Crippen molar-refractivity contribution < 1.29 is 4.79 Å². The topological polar surface area (TPSA) is 20.3 Å². The number of likely N-dealkylation sites (tertiary alicyclic amines) is 1. The highest BCUT2D eigenvalue weighted by Gasteiger charge is 2.26. The fraction of sp³-hybridized carbons (Fsp3) is 0.875. The van der Waals surface area contributed by atoms with Gasteiger partial charge in [0.1, 0.15) is 6.29 Å². The molecule has 0 bridgehead atoms. The Labute approximate surface area is 93.1 Å². The van der Waals surface area contributed by atoms with Gasteiger partial charge in [0.15, 0.2) is 0 Å². The largest absolute Gasteiger partial charge is 0.303 e. The van der Waals surface area contributed by atoms with Gasteiger partial charge in [-0.15, -0.1) is 0 Å². The fourth-order valence-electron chi connectivity index (χ4n) is 1.50. The van der Waals surface area contributed by atoms with Crippen LogP contribution in [0.1, 0.15) is 12.8 Å². The van der Waals surface area contributed by atoms with E-state index in [0.717, 1.165) is 32.2 Å². The van der Waals surface area contributed by atoms with Crippen molar-refractivity contribution in [1.82, 2.24) is 4.90 Å². The van der Waals surface area contributed by atoms with Crippen LogP contribution in [0.4, 0.5) is 0 Å². The van der Waals surface area contributed by atoms with E-state index in [1.165, 1.54) is 0 Å². The van der Waals surface area contributed by atoms with E-state index in [-0.39, 0.29) is 5.92 Å². The number of nitrogens with zero attached hydrogens (tertiary/aromatic N) is 1. The van der Waals surface area contributed by atoms with E-state index >= 15 is 0 Å².